The Bertz CT molecular complexity index is 874. The molecule has 0 fully saturated rings. The monoisotopic (exact) mass is 313 g/mol. The number of esters is 1. The number of aromatic amines is 1. The number of fused-ring (bicyclic) bond motifs is 1. The van der Waals surface area contributed by atoms with Crippen molar-refractivity contribution in [3.05, 3.63) is 47.3 Å². The van der Waals surface area contributed by atoms with E-state index in [0.29, 0.717) is 11.3 Å². The maximum atomic E-state index is 12.5. The number of aryl methyl sites for hydroxylation is 1. The summed E-state index contributed by atoms with van der Waals surface area (Å²) in [5, 5.41) is 4.37. The lowest BCUT2D eigenvalue weighted by Gasteiger charge is -2.11. The van der Waals surface area contributed by atoms with Gasteiger partial charge in [0.2, 0.25) is 11.7 Å². The zero-order chi connectivity index (χ0) is 16.6. The molecule has 2 heterocycles. The molecule has 2 aromatic heterocycles. The van der Waals surface area contributed by atoms with Crippen LogP contribution in [-0.4, -0.2) is 28.0 Å². The van der Waals surface area contributed by atoms with Gasteiger partial charge in [-0.2, -0.15) is 0 Å². The number of benzene rings is 1. The number of ether oxygens (including phenoxy) is 1. The second kappa shape index (κ2) is 5.60. The lowest BCUT2D eigenvalue weighted by atomic mass is 10.1. The summed E-state index contributed by atoms with van der Waals surface area (Å²) in [6.07, 6.45) is 0.645. The number of ketones is 1. The van der Waals surface area contributed by atoms with E-state index in [9.17, 15) is 9.59 Å². The summed E-state index contributed by atoms with van der Waals surface area (Å²) in [4.78, 5) is 27.7. The Kier molecular flexibility index (Phi) is 3.61. The average Bonchev–Trinajstić information content (AvgIpc) is 3.10. The van der Waals surface area contributed by atoms with Crippen LogP contribution in [0.1, 0.15) is 33.3 Å². The Morgan fingerprint density at radius 2 is 2.09 bits per heavy atom. The van der Waals surface area contributed by atoms with Crippen LogP contribution in [0.15, 0.2) is 35.0 Å². The highest BCUT2D eigenvalue weighted by molar-refractivity contribution is 6.10. The SMILES string of the molecule is Cc1noc(N)c1C(=O)O[C@@H](C)C(=O)c1c[nH]c2ccccc12. The predicted molar refractivity (Wildman–Crippen MR) is 83.2 cm³/mol. The van der Waals surface area contributed by atoms with Gasteiger partial charge in [-0.15, -0.1) is 0 Å². The van der Waals surface area contributed by atoms with E-state index in [4.69, 9.17) is 15.0 Å². The summed E-state index contributed by atoms with van der Waals surface area (Å²) in [6, 6.07) is 7.40. The van der Waals surface area contributed by atoms with Gasteiger partial charge in [0.05, 0.1) is 5.69 Å². The predicted octanol–water partition coefficient (Wildman–Crippen LogP) is 2.47. The molecule has 0 aliphatic carbocycles. The van der Waals surface area contributed by atoms with E-state index in [1.54, 1.807) is 13.1 Å². The molecule has 0 unspecified atom stereocenters. The summed E-state index contributed by atoms with van der Waals surface area (Å²) < 4.78 is 9.93. The van der Waals surface area contributed by atoms with Crippen LogP contribution in [0.4, 0.5) is 5.88 Å². The molecule has 3 aromatic rings. The van der Waals surface area contributed by atoms with Gasteiger partial charge in [0.1, 0.15) is 5.56 Å². The van der Waals surface area contributed by atoms with Crippen LogP contribution in [0.2, 0.25) is 0 Å². The zero-order valence-electron chi connectivity index (χ0n) is 12.6. The second-order valence-corrected chi connectivity index (χ2v) is 5.17. The number of para-hydroxylation sites is 1. The van der Waals surface area contributed by atoms with Gasteiger partial charge in [0.15, 0.2) is 6.10 Å². The number of rotatable bonds is 4. The van der Waals surface area contributed by atoms with Gasteiger partial charge in [0, 0.05) is 22.7 Å². The van der Waals surface area contributed by atoms with Gasteiger partial charge >= 0.3 is 5.97 Å². The summed E-state index contributed by atoms with van der Waals surface area (Å²) in [6.45, 7) is 3.09. The van der Waals surface area contributed by atoms with E-state index in [0.717, 1.165) is 10.9 Å². The molecular weight excluding hydrogens is 298 g/mol. The van der Waals surface area contributed by atoms with Gasteiger partial charge in [0.25, 0.3) is 0 Å². The van der Waals surface area contributed by atoms with Crippen molar-refractivity contribution in [1.82, 2.24) is 10.1 Å². The topological polar surface area (TPSA) is 111 Å². The maximum Gasteiger partial charge on any atom is 0.346 e. The van der Waals surface area contributed by atoms with E-state index in [-0.39, 0.29) is 17.2 Å². The molecule has 3 N–H and O–H groups in total. The van der Waals surface area contributed by atoms with Crippen LogP contribution in [0.3, 0.4) is 0 Å². The third-order valence-electron chi connectivity index (χ3n) is 3.60. The Hall–Kier alpha value is -3.09. The number of carbonyl (C=O) groups excluding carboxylic acids is 2. The summed E-state index contributed by atoms with van der Waals surface area (Å²) in [5.74, 6) is -1.16. The maximum absolute atomic E-state index is 12.5. The molecular formula is C16H15N3O4. The number of anilines is 1. The van der Waals surface area contributed by atoms with E-state index in [2.05, 4.69) is 10.1 Å². The highest BCUT2D eigenvalue weighted by atomic mass is 16.5. The smallest absolute Gasteiger partial charge is 0.346 e. The number of hydrogen-bond acceptors (Lipinski definition) is 6. The Morgan fingerprint density at radius 1 is 1.35 bits per heavy atom. The minimum atomic E-state index is -0.963. The first-order valence-electron chi connectivity index (χ1n) is 7.02. The highest BCUT2D eigenvalue weighted by Gasteiger charge is 2.26. The van der Waals surface area contributed by atoms with Crippen molar-refractivity contribution < 1.29 is 18.8 Å². The molecule has 0 aliphatic rings. The third kappa shape index (κ3) is 2.57. The summed E-state index contributed by atoms with van der Waals surface area (Å²) >= 11 is 0. The van der Waals surface area contributed by atoms with Crippen LogP contribution in [0.5, 0.6) is 0 Å². The van der Waals surface area contributed by atoms with Gasteiger partial charge < -0.3 is 20.0 Å². The summed E-state index contributed by atoms with van der Waals surface area (Å²) in [7, 11) is 0. The lowest BCUT2D eigenvalue weighted by Crippen LogP contribution is -2.24. The van der Waals surface area contributed by atoms with Crippen LogP contribution in [0, 0.1) is 6.92 Å². The molecule has 7 heteroatoms. The number of nitrogens with two attached hydrogens (primary N) is 1. The van der Waals surface area contributed by atoms with E-state index in [1.807, 2.05) is 24.3 Å². The fourth-order valence-corrected chi connectivity index (χ4v) is 2.40. The van der Waals surface area contributed by atoms with Crippen LogP contribution < -0.4 is 5.73 Å². The van der Waals surface area contributed by atoms with E-state index < -0.39 is 12.1 Å². The number of aromatic nitrogens is 2. The quantitative estimate of drug-likeness (QED) is 0.565. The van der Waals surface area contributed by atoms with Gasteiger partial charge in [-0.05, 0) is 19.9 Å². The van der Waals surface area contributed by atoms with Crippen LogP contribution >= 0.6 is 0 Å². The first-order chi connectivity index (χ1) is 11.0. The highest BCUT2D eigenvalue weighted by Crippen LogP contribution is 2.22. The number of H-pyrrole nitrogens is 1. The molecule has 7 nitrogen and oxygen atoms in total. The molecule has 0 saturated heterocycles. The lowest BCUT2D eigenvalue weighted by molar-refractivity contribution is 0.0319. The van der Waals surface area contributed by atoms with Crippen LogP contribution in [0.25, 0.3) is 10.9 Å². The Labute approximate surface area is 131 Å². The van der Waals surface area contributed by atoms with Crippen molar-refractivity contribution in [3.8, 4) is 0 Å². The normalized spacial score (nSPS) is 12.3. The molecule has 0 saturated carbocycles. The fourth-order valence-electron chi connectivity index (χ4n) is 2.40. The molecule has 0 bridgehead atoms. The molecule has 0 amide bonds. The number of hydrogen-bond donors (Lipinski definition) is 2. The van der Waals surface area contributed by atoms with Crippen molar-refractivity contribution in [1.29, 1.82) is 0 Å². The Balaban J connectivity index is 1.82. The first kappa shape index (κ1) is 14.8. The molecule has 1 aromatic carbocycles. The van der Waals surface area contributed by atoms with Crippen molar-refractivity contribution in [3.63, 3.8) is 0 Å². The standard InChI is InChI=1S/C16H15N3O4/c1-8-13(15(17)23-19-8)16(21)22-9(2)14(20)11-7-18-12-6-4-3-5-10(11)12/h3-7,9,18H,17H2,1-2H3/t9-/m0/s1. The molecule has 1 atom stereocenters. The molecule has 23 heavy (non-hydrogen) atoms. The molecule has 0 spiro atoms. The minimum Gasteiger partial charge on any atom is -0.450 e. The van der Waals surface area contributed by atoms with Crippen LogP contribution in [-0.2, 0) is 4.74 Å². The first-order valence-corrected chi connectivity index (χ1v) is 7.02. The number of Topliss-reactive ketones (excluding diaryl/α,β-unsaturated/α-hetero) is 1. The number of nitrogens with one attached hydrogen (secondary N) is 1. The van der Waals surface area contributed by atoms with Gasteiger partial charge in [-0.3, -0.25) is 4.79 Å². The molecule has 118 valence electrons. The third-order valence-corrected chi connectivity index (χ3v) is 3.60. The van der Waals surface area contributed by atoms with Crippen molar-refractivity contribution in [2.24, 2.45) is 0 Å². The molecule has 0 radical (unpaired) electrons. The van der Waals surface area contributed by atoms with Crippen molar-refractivity contribution >= 4 is 28.5 Å². The van der Waals surface area contributed by atoms with Crippen molar-refractivity contribution in [2.45, 2.75) is 20.0 Å². The average molecular weight is 313 g/mol. The van der Waals surface area contributed by atoms with E-state index in [1.165, 1.54) is 6.92 Å². The van der Waals surface area contributed by atoms with E-state index >= 15 is 0 Å². The fraction of sp³-hybridized carbons (Fsp3) is 0.188. The van der Waals surface area contributed by atoms with Gasteiger partial charge in [-0.1, -0.05) is 23.4 Å². The summed E-state index contributed by atoms with van der Waals surface area (Å²) in [5.41, 5.74) is 7.22. The molecule has 0 aliphatic heterocycles. The number of nitrogens with zero attached hydrogens (tertiary/aromatic N) is 1. The Morgan fingerprint density at radius 3 is 2.78 bits per heavy atom. The number of carbonyl (C=O) groups is 2. The van der Waals surface area contributed by atoms with Crippen molar-refractivity contribution in [2.75, 3.05) is 5.73 Å². The van der Waals surface area contributed by atoms with Gasteiger partial charge in [-0.25, -0.2) is 4.79 Å². The zero-order valence-corrected chi connectivity index (χ0v) is 12.6. The number of nitrogen functional groups attached to an aromatic ring is 1. The minimum absolute atomic E-state index is 0.0450. The second-order valence-electron chi connectivity index (χ2n) is 5.17. The molecule has 3 rings (SSSR count). The largest absolute Gasteiger partial charge is 0.450 e.